The van der Waals surface area contributed by atoms with Crippen molar-refractivity contribution < 1.29 is 9.53 Å². The van der Waals surface area contributed by atoms with E-state index in [0.717, 1.165) is 50.3 Å². The van der Waals surface area contributed by atoms with Crippen LogP contribution in [0, 0.1) is 6.92 Å². The van der Waals surface area contributed by atoms with Gasteiger partial charge in [-0.1, -0.05) is 0 Å². The molecule has 1 aliphatic rings. The second-order valence-corrected chi connectivity index (χ2v) is 5.85. The molecule has 1 saturated heterocycles. The second kappa shape index (κ2) is 7.04. The van der Waals surface area contributed by atoms with E-state index in [1.807, 2.05) is 6.92 Å². The molecule has 0 aliphatic carbocycles. The first-order chi connectivity index (χ1) is 10.1. The van der Waals surface area contributed by atoms with Gasteiger partial charge in [-0.2, -0.15) is 0 Å². The van der Waals surface area contributed by atoms with Crippen LogP contribution in [0.2, 0.25) is 0 Å². The number of piperidine rings is 1. The fourth-order valence-corrected chi connectivity index (χ4v) is 3.02. The molecule has 118 valence electrons. The van der Waals surface area contributed by atoms with Gasteiger partial charge in [-0.05, 0) is 32.7 Å². The number of likely N-dealkylation sites (tertiary alicyclic amines) is 1. The summed E-state index contributed by atoms with van der Waals surface area (Å²) in [6.45, 7) is 4.78. The van der Waals surface area contributed by atoms with Crippen LogP contribution < -0.4 is 5.32 Å². The third kappa shape index (κ3) is 4.04. The maximum Gasteiger partial charge on any atom is 0.219 e. The highest BCUT2D eigenvalue weighted by Crippen LogP contribution is 2.30. The van der Waals surface area contributed by atoms with Crippen molar-refractivity contribution >= 4 is 5.91 Å². The van der Waals surface area contributed by atoms with Crippen molar-refractivity contribution in [2.45, 2.75) is 44.8 Å². The molecule has 1 fully saturated rings. The molecule has 1 aromatic rings. The van der Waals surface area contributed by atoms with Crippen LogP contribution in [-0.2, 0) is 16.1 Å². The summed E-state index contributed by atoms with van der Waals surface area (Å²) in [6, 6.07) is 0. The summed E-state index contributed by atoms with van der Waals surface area (Å²) < 4.78 is 5.80. The molecule has 0 aromatic carbocycles. The summed E-state index contributed by atoms with van der Waals surface area (Å²) in [5.41, 5.74) is 2.00. The molecule has 0 radical (unpaired) electrons. The number of hydrogen-bond acceptors (Lipinski definition) is 4. The lowest BCUT2D eigenvalue weighted by atomic mass is 9.87. The maximum atomic E-state index is 11.5. The van der Waals surface area contributed by atoms with E-state index in [1.54, 1.807) is 20.5 Å². The van der Waals surface area contributed by atoms with Gasteiger partial charge in [-0.3, -0.25) is 9.69 Å². The van der Waals surface area contributed by atoms with Gasteiger partial charge in [0.2, 0.25) is 5.91 Å². The Balaban J connectivity index is 1.96. The fraction of sp³-hybridized carbons (Fsp3) is 0.733. The Labute approximate surface area is 126 Å². The Hall–Kier alpha value is -1.40. The number of rotatable bonds is 6. The van der Waals surface area contributed by atoms with Gasteiger partial charge in [0.1, 0.15) is 0 Å². The first-order valence-electron chi connectivity index (χ1n) is 7.55. The van der Waals surface area contributed by atoms with E-state index in [1.165, 1.54) is 0 Å². The maximum absolute atomic E-state index is 11.5. The lowest BCUT2D eigenvalue weighted by Crippen LogP contribution is -2.49. The molecule has 2 heterocycles. The van der Waals surface area contributed by atoms with Gasteiger partial charge in [0.15, 0.2) is 0 Å². The molecule has 1 aromatic heterocycles. The summed E-state index contributed by atoms with van der Waals surface area (Å²) in [5, 5.41) is 2.68. The van der Waals surface area contributed by atoms with Crippen LogP contribution >= 0.6 is 0 Å². The number of nitrogens with zero attached hydrogens (tertiary/aromatic N) is 2. The van der Waals surface area contributed by atoms with Gasteiger partial charge in [0.05, 0.1) is 17.6 Å². The monoisotopic (exact) mass is 294 g/mol. The number of amides is 1. The molecular formula is C15H26N4O2. The topological polar surface area (TPSA) is 70.2 Å². The third-order valence-electron chi connectivity index (χ3n) is 4.45. The lowest BCUT2D eigenvalue weighted by molar-refractivity contribution is -0.124. The van der Waals surface area contributed by atoms with Gasteiger partial charge < -0.3 is 15.0 Å². The number of aromatic amines is 1. The molecule has 0 saturated carbocycles. The smallest absolute Gasteiger partial charge is 0.219 e. The van der Waals surface area contributed by atoms with Gasteiger partial charge >= 0.3 is 0 Å². The predicted molar refractivity (Wildman–Crippen MR) is 80.9 cm³/mol. The van der Waals surface area contributed by atoms with Crippen LogP contribution in [0.15, 0.2) is 6.33 Å². The molecule has 1 aliphatic heterocycles. The van der Waals surface area contributed by atoms with Crippen LogP contribution in [0.25, 0.3) is 0 Å². The lowest BCUT2D eigenvalue weighted by Gasteiger charge is -2.41. The zero-order chi connectivity index (χ0) is 15.3. The summed E-state index contributed by atoms with van der Waals surface area (Å²) >= 11 is 0. The minimum absolute atomic E-state index is 0.0756. The molecule has 0 unspecified atom stereocenters. The van der Waals surface area contributed by atoms with Crippen LogP contribution in [0.3, 0.4) is 0 Å². The van der Waals surface area contributed by atoms with Crippen molar-refractivity contribution in [1.82, 2.24) is 20.2 Å². The number of aryl methyl sites for hydroxylation is 1. The van der Waals surface area contributed by atoms with E-state index in [0.29, 0.717) is 6.42 Å². The Morgan fingerprint density at radius 1 is 1.62 bits per heavy atom. The summed E-state index contributed by atoms with van der Waals surface area (Å²) in [7, 11) is 3.43. The first-order valence-corrected chi connectivity index (χ1v) is 7.55. The van der Waals surface area contributed by atoms with E-state index in [9.17, 15) is 4.79 Å². The molecule has 21 heavy (non-hydrogen) atoms. The summed E-state index contributed by atoms with van der Waals surface area (Å²) in [4.78, 5) is 21.4. The number of carbonyl (C=O) groups excluding carboxylic acids is 1. The number of carbonyl (C=O) groups is 1. The van der Waals surface area contributed by atoms with Crippen molar-refractivity contribution in [1.29, 1.82) is 0 Å². The molecule has 2 rings (SSSR count). The zero-order valence-corrected chi connectivity index (χ0v) is 13.2. The standard InChI is InChI=1S/C15H26N4O2/c1-12-13(18-11-17-12)9-19-8-4-6-15(10-19,21-3)7-5-14(20)16-2/h11H,4-10H2,1-3H3,(H,16,20)(H,17,18)/t15-/m1/s1. The van der Waals surface area contributed by atoms with E-state index in [2.05, 4.69) is 20.2 Å². The van der Waals surface area contributed by atoms with E-state index in [-0.39, 0.29) is 11.5 Å². The molecular weight excluding hydrogens is 268 g/mol. The van der Waals surface area contributed by atoms with Gasteiger partial charge in [-0.25, -0.2) is 4.98 Å². The largest absolute Gasteiger partial charge is 0.377 e. The Bertz CT molecular complexity index is 474. The highest BCUT2D eigenvalue weighted by Gasteiger charge is 2.35. The minimum atomic E-state index is -0.213. The predicted octanol–water partition coefficient (Wildman–Crippen LogP) is 1.23. The van der Waals surface area contributed by atoms with E-state index in [4.69, 9.17) is 4.74 Å². The molecule has 1 amide bonds. The number of hydrogen-bond donors (Lipinski definition) is 2. The average molecular weight is 294 g/mol. The molecule has 1 atom stereocenters. The average Bonchev–Trinajstić information content (AvgIpc) is 2.90. The SMILES string of the molecule is CNC(=O)CC[C@]1(OC)CCCN(Cc2nc[nH]c2C)C1. The highest BCUT2D eigenvalue weighted by molar-refractivity contribution is 5.75. The van der Waals surface area contributed by atoms with Gasteiger partial charge in [0.25, 0.3) is 0 Å². The van der Waals surface area contributed by atoms with Gasteiger partial charge in [0, 0.05) is 39.4 Å². The van der Waals surface area contributed by atoms with Crippen molar-refractivity contribution in [2.24, 2.45) is 0 Å². The molecule has 2 N–H and O–H groups in total. The molecule has 0 spiro atoms. The molecule has 6 nitrogen and oxygen atoms in total. The van der Waals surface area contributed by atoms with Crippen molar-refractivity contribution in [3.05, 3.63) is 17.7 Å². The Morgan fingerprint density at radius 2 is 2.43 bits per heavy atom. The number of methoxy groups -OCH3 is 1. The van der Waals surface area contributed by atoms with Crippen LogP contribution in [0.1, 0.15) is 37.1 Å². The second-order valence-electron chi connectivity index (χ2n) is 5.85. The van der Waals surface area contributed by atoms with Crippen molar-refractivity contribution in [2.75, 3.05) is 27.2 Å². The number of H-pyrrole nitrogens is 1. The Morgan fingerprint density at radius 3 is 3.05 bits per heavy atom. The summed E-state index contributed by atoms with van der Waals surface area (Å²) in [5.74, 6) is 0.0756. The fourth-order valence-electron chi connectivity index (χ4n) is 3.02. The normalized spacial score (nSPS) is 23.2. The van der Waals surface area contributed by atoms with Gasteiger partial charge in [-0.15, -0.1) is 0 Å². The Kier molecular flexibility index (Phi) is 5.36. The van der Waals surface area contributed by atoms with Crippen LogP contribution in [-0.4, -0.2) is 53.6 Å². The number of aromatic nitrogens is 2. The van der Waals surface area contributed by atoms with Crippen molar-refractivity contribution in [3.8, 4) is 0 Å². The van der Waals surface area contributed by atoms with Crippen molar-refractivity contribution in [3.63, 3.8) is 0 Å². The van der Waals surface area contributed by atoms with E-state index >= 15 is 0 Å². The minimum Gasteiger partial charge on any atom is -0.377 e. The third-order valence-corrected chi connectivity index (χ3v) is 4.45. The molecule has 0 bridgehead atoms. The zero-order valence-electron chi connectivity index (χ0n) is 13.2. The number of ether oxygens (including phenoxy) is 1. The summed E-state index contributed by atoms with van der Waals surface area (Å²) in [6.07, 6.45) is 5.12. The van der Waals surface area contributed by atoms with Crippen LogP contribution in [0.4, 0.5) is 0 Å². The van der Waals surface area contributed by atoms with Crippen LogP contribution in [0.5, 0.6) is 0 Å². The number of nitrogens with one attached hydrogen (secondary N) is 2. The van der Waals surface area contributed by atoms with E-state index < -0.39 is 0 Å². The molecule has 6 heteroatoms. The highest BCUT2D eigenvalue weighted by atomic mass is 16.5. The first kappa shape index (κ1) is 16.0. The quantitative estimate of drug-likeness (QED) is 0.828. The number of imidazole rings is 1.